The summed E-state index contributed by atoms with van der Waals surface area (Å²) in [5.41, 5.74) is 7.47. The predicted molar refractivity (Wildman–Crippen MR) is 89.5 cm³/mol. The van der Waals surface area contributed by atoms with Crippen LogP contribution in [0.5, 0.6) is 0 Å². The van der Waals surface area contributed by atoms with Crippen LogP contribution >= 0.6 is 11.8 Å². The number of benzene rings is 1. The Balaban J connectivity index is 1.73. The minimum atomic E-state index is 0.573. The smallest absolute Gasteiger partial charge is 0.0962 e. The molecule has 0 radical (unpaired) electrons. The summed E-state index contributed by atoms with van der Waals surface area (Å²) in [6.45, 7) is 0.784. The first kappa shape index (κ1) is 14.6. The number of aromatic nitrogens is 1. The first-order valence-electron chi connectivity index (χ1n) is 7.69. The second-order valence-corrected chi connectivity index (χ2v) is 7.00. The summed E-state index contributed by atoms with van der Waals surface area (Å²) in [7, 11) is 0. The summed E-state index contributed by atoms with van der Waals surface area (Å²) in [6, 6.07) is 17.0. The zero-order chi connectivity index (χ0) is 14.5. The van der Waals surface area contributed by atoms with E-state index in [0.717, 1.165) is 11.6 Å². The molecule has 3 heteroatoms. The van der Waals surface area contributed by atoms with Crippen LogP contribution < -0.4 is 5.73 Å². The molecule has 0 spiro atoms. The molecule has 1 aliphatic carbocycles. The molecule has 2 nitrogen and oxygen atoms in total. The zero-order valence-electron chi connectivity index (χ0n) is 12.2. The standard InChI is InChI=1S/C18H22N2S/c19-13-16-10-9-15(14-6-2-1-3-7-14)12-17(16)21-18-8-4-5-11-20-18/h1-8,11,15-17H,9-10,12-13,19H2. The van der Waals surface area contributed by atoms with E-state index >= 15 is 0 Å². The summed E-state index contributed by atoms with van der Waals surface area (Å²) in [5.74, 6) is 1.27. The van der Waals surface area contributed by atoms with Crippen molar-refractivity contribution in [3.05, 3.63) is 60.3 Å². The molecule has 0 saturated heterocycles. The van der Waals surface area contributed by atoms with Crippen molar-refractivity contribution >= 4 is 11.8 Å². The maximum atomic E-state index is 6.00. The Morgan fingerprint density at radius 1 is 1.05 bits per heavy atom. The van der Waals surface area contributed by atoms with E-state index in [1.165, 1.54) is 24.8 Å². The van der Waals surface area contributed by atoms with Crippen LogP contribution in [0.4, 0.5) is 0 Å². The summed E-state index contributed by atoms with van der Waals surface area (Å²) in [5, 5.41) is 1.69. The van der Waals surface area contributed by atoms with Crippen LogP contribution in [-0.2, 0) is 0 Å². The highest BCUT2D eigenvalue weighted by atomic mass is 32.2. The normalized spacial score (nSPS) is 25.7. The van der Waals surface area contributed by atoms with Crippen LogP contribution in [0.2, 0.25) is 0 Å². The second kappa shape index (κ2) is 7.10. The molecular weight excluding hydrogens is 276 g/mol. The third-order valence-electron chi connectivity index (χ3n) is 4.41. The molecule has 0 aliphatic heterocycles. The van der Waals surface area contributed by atoms with Gasteiger partial charge in [0.1, 0.15) is 0 Å². The molecule has 0 amide bonds. The summed E-state index contributed by atoms with van der Waals surface area (Å²) < 4.78 is 0. The molecule has 3 rings (SSSR count). The van der Waals surface area contributed by atoms with Gasteiger partial charge in [0.2, 0.25) is 0 Å². The van der Waals surface area contributed by atoms with E-state index in [1.54, 1.807) is 0 Å². The van der Waals surface area contributed by atoms with Crippen molar-refractivity contribution in [2.45, 2.75) is 35.5 Å². The van der Waals surface area contributed by atoms with E-state index in [-0.39, 0.29) is 0 Å². The molecule has 1 heterocycles. The lowest BCUT2D eigenvalue weighted by Crippen LogP contribution is -2.31. The summed E-state index contributed by atoms with van der Waals surface area (Å²) in [6.07, 6.45) is 5.55. The van der Waals surface area contributed by atoms with Crippen molar-refractivity contribution < 1.29 is 0 Å². The Morgan fingerprint density at radius 2 is 1.86 bits per heavy atom. The van der Waals surface area contributed by atoms with E-state index < -0.39 is 0 Å². The van der Waals surface area contributed by atoms with Gasteiger partial charge in [-0.2, -0.15) is 0 Å². The Kier molecular flexibility index (Phi) is 4.94. The highest BCUT2D eigenvalue weighted by Crippen LogP contribution is 2.42. The number of pyridine rings is 1. The molecule has 1 aromatic heterocycles. The van der Waals surface area contributed by atoms with Gasteiger partial charge in [0.25, 0.3) is 0 Å². The molecule has 1 aromatic carbocycles. The van der Waals surface area contributed by atoms with Crippen molar-refractivity contribution in [2.75, 3.05) is 6.54 Å². The van der Waals surface area contributed by atoms with E-state index in [0.29, 0.717) is 17.1 Å². The molecule has 1 aliphatic rings. The van der Waals surface area contributed by atoms with Gasteiger partial charge in [0.15, 0.2) is 0 Å². The lowest BCUT2D eigenvalue weighted by molar-refractivity contribution is 0.344. The molecule has 0 bridgehead atoms. The quantitative estimate of drug-likeness (QED) is 0.924. The van der Waals surface area contributed by atoms with Crippen LogP contribution in [0, 0.1) is 5.92 Å². The molecule has 110 valence electrons. The largest absolute Gasteiger partial charge is 0.330 e. The second-order valence-electron chi connectivity index (χ2n) is 5.74. The number of nitrogens with two attached hydrogens (primary N) is 1. The van der Waals surface area contributed by atoms with E-state index in [1.807, 2.05) is 24.0 Å². The molecule has 3 unspecified atom stereocenters. The highest BCUT2D eigenvalue weighted by Gasteiger charge is 2.31. The lowest BCUT2D eigenvalue weighted by Gasteiger charge is -2.35. The monoisotopic (exact) mass is 298 g/mol. The first-order valence-corrected chi connectivity index (χ1v) is 8.57. The maximum Gasteiger partial charge on any atom is 0.0962 e. The lowest BCUT2D eigenvalue weighted by atomic mass is 9.78. The number of nitrogens with zero attached hydrogens (tertiary/aromatic N) is 1. The third-order valence-corrected chi connectivity index (χ3v) is 5.78. The fourth-order valence-electron chi connectivity index (χ4n) is 3.21. The molecule has 21 heavy (non-hydrogen) atoms. The van der Waals surface area contributed by atoms with Crippen molar-refractivity contribution in [3.63, 3.8) is 0 Å². The van der Waals surface area contributed by atoms with Gasteiger partial charge in [0, 0.05) is 11.4 Å². The fraction of sp³-hybridized carbons (Fsp3) is 0.389. The van der Waals surface area contributed by atoms with Crippen LogP contribution in [-0.4, -0.2) is 16.8 Å². The average Bonchev–Trinajstić information content (AvgIpc) is 2.56. The van der Waals surface area contributed by atoms with Crippen LogP contribution in [0.1, 0.15) is 30.7 Å². The van der Waals surface area contributed by atoms with Crippen LogP contribution in [0.15, 0.2) is 59.8 Å². The first-order chi connectivity index (χ1) is 10.4. The number of hydrogen-bond donors (Lipinski definition) is 1. The molecule has 2 N–H and O–H groups in total. The van der Waals surface area contributed by atoms with Gasteiger partial charge in [-0.3, -0.25) is 0 Å². The van der Waals surface area contributed by atoms with Gasteiger partial charge < -0.3 is 5.73 Å². The average molecular weight is 298 g/mol. The van der Waals surface area contributed by atoms with Gasteiger partial charge in [0.05, 0.1) is 5.03 Å². The van der Waals surface area contributed by atoms with Crippen molar-refractivity contribution in [1.29, 1.82) is 0 Å². The van der Waals surface area contributed by atoms with Gasteiger partial charge in [-0.25, -0.2) is 4.98 Å². The van der Waals surface area contributed by atoms with Crippen molar-refractivity contribution in [3.8, 4) is 0 Å². The molecule has 1 fully saturated rings. The van der Waals surface area contributed by atoms with Crippen molar-refractivity contribution in [2.24, 2.45) is 11.7 Å². The topological polar surface area (TPSA) is 38.9 Å². The maximum absolute atomic E-state index is 6.00. The Hall–Kier alpha value is -1.32. The van der Waals surface area contributed by atoms with Crippen LogP contribution in [0.25, 0.3) is 0 Å². The number of thioether (sulfide) groups is 1. The summed E-state index contributed by atoms with van der Waals surface area (Å²) in [4.78, 5) is 4.46. The molecule has 3 atom stereocenters. The minimum absolute atomic E-state index is 0.573. The van der Waals surface area contributed by atoms with Gasteiger partial charge >= 0.3 is 0 Å². The van der Waals surface area contributed by atoms with Crippen LogP contribution in [0.3, 0.4) is 0 Å². The van der Waals surface area contributed by atoms with E-state index in [4.69, 9.17) is 5.73 Å². The SMILES string of the molecule is NCC1CCC(c2ccccc2)CC1Sc1ccccn1. The van der Waals surface area contributed by atoms with Crippen molar-refractivity contribution in [1.82, 2.24) is 4.98 Å². The van der Waals surface area contributed by atoms with Gasteiger partial charge in [-0.05, 0) is 55.3 Å². The molecule has 1 saturated carbocycles. The molecule has 2 aromatic rings. The minimum Gasteiger partial charge on any atom is -0.330 e. The number of hydrogen-bond acceptors (Lipinski definition) is 3. The summed E-state index contributed by atoms with van der Waals surface area (Å²) >= 11 is 1.90. The van der Waals surface area contributed by atoms with E-state index in [9.17, 15) is 0 Å². The Morgan fingerprint density at radius 3 is 2.57 bits per heavy atom. The van der Waals surface area contributed by atoms with Gasteiger partial charge in [-0.1, -0.05) is 36.4 Å². The van der Waals surface area contributed by atoms with E-state index in [2.05, 4.69) is 47.4 Å². The Labute approximate surface area is 131 Å². The fourth-order valence-corrected chi connectivity index (χ4v) is 4.56. The number of rotatable bonds is 4. The highest BCUT2D eigenvalue weighted by molar-refractivity contribution is 7.99. The Bertz CT molecular complexity index is 544. The van der Waals surface area contributed by atoms with Gasteiger partial charge in [-0.15, -0.1) is 11.8 Å². The zero-order valence-corrected chi connectivity index (χ0v) is 13.0. The predicted octanol–water partition coefficient (Wildman–Crippen LogP) is 4.08. The third kappa shape index (κ3) is 3.66. The molecular formula is C18H22N2S.